The van der Waals surface area contributed by atoms with Gasteiger partial charge in [0.2, 0.25) is 0 Å². The second-order valence-electron chi connectivity index (χ2n) is 4.49. The number of nitrogens with zero attached hydrogens (tertiary/aromatic N) is 1. The van der Waals surface area contributed by atoms with Crippen LogP contribution in [0.25, 0.3) is 0 Å². The Labute approximate surface area is 96.9 Å². The summed E-state index contributed by atoms with van der Waals surface area (Å²) < 4.78 is 4.89. The van der Waals surface area contributed by atoms with E-state index in [0.29, 0.717) is 6.04 Å². The quantitative estimate of drug-likeness (QED) is 0.690. The molecule has 0 saturated heterocycles. The molecule has 1 saturated carbocycles. The number of likely N-dealkylation sites (N-methyl/N-ethyl adjacent to an activating group) is 1. The molecule has 1 atom stereocenters. The van der Waals surface area contributed by atoms with Crippen molar-refractivity contribution in [1.29, 1.82) is 0 Å². The van der Waals surface area contributed by atoms with Crippen LogP contribution in [-0.4, -0.2) is 36.0 Å². The molecule has 0 aliphatic heterocycles. The molecule has 1 rings (SSSR count). The number of carbonyl (C=O) groups excluding carboxylic acids is 2. The minimum Gasteiger partial charge on any atom is -0.453 e. The maximum Gasteiger partial charge on any atom is 0.303 e. The van der Waals surface area contributed by atoms with E-state index < -0.39 is 12.1 Å². The average Bonchev–Trinajstić information content (AvgIpc) is 2.27. The fourth-order valence-electron chi connectivity index (χ4n) is 2.23. The molecule has 1 amide bonds. The zero-order valence-corrected chi connectivity index (χ0v) is 10.4. The van der Waals surface area contributed by atoms with Gasteiger partial charge < -0.3 is 9.64 Å². The molecule has 0 N–H and O–H groups in total. The predicted molar refractivity (Wildman–Crippen MR) is 60.9 cm³/mol. The number of rotatable bonds is 3. The summed E-state index contributed by atoms with van der Waals surface area (Å²) in [5.41, 5.74) is 0. The SMILES string of the molecule is CC(=O)O[C@H](C)C(=O)N(C)C1CCCCC1. The molecule has 0 aromatic heterocycles. The van der Waals surface area contributed by atoms with Crippen molar-refractivity contribution in [1.82, 2.24) is 4.90 Å². The highest BCUT2D eigenvalue weighted by atomic mass is 16.5. The van der Waals surface area contributed by atoms with Gasteiger partial charge in [-0.1, -0.05) is 19.3 Å². The van der Waals surface area contributed by atoms with Crippen molar-refractivity contribution in [3.05, 3.63) is 0 Å². The van der Waals surface area contributed by atoms with Gasteiger partial charge in [-0.05, 0) is 19.8 Å². The summed E-state index contributed by atoms with van der Waals surface area (Å²) in [4.78, 5) is 24.4. The summed E-state index contributed by atoms with van der Waals surface area (Å²) >= 11 is 0. The Morgan fingerprint density at radius 2 is 1.81 bits per heavy atom. The summed E-state index contributed by atoms with van der Waals surface area (Å²) in [6, 6.07) is 0.319. The first kappa shape index (κ1) is 13.0. The van der Waals surface area contributed by atoms with Crippen LogP contribution in [0.4, 0.5) is 0 Å². The van der Waals surface area contributed by atoms with Crippen LogP contribution in [0.5, 0.6) is 0 Å². The van der Waals surface area contributed by atoms with Crippen LogP contribution in [0.15, 0.2) is 0 Å². The van der Waals surface area contributed by atoms with Gasteiger partial charge in [0.1, 0.15) is 0 Å². The Morgan fingerprint density at radius 3 is 2.31 bits per heavy atom. The molecule has 92 valence electrons. The standard InChI is InChI=1S/C12H21NO3/c1-9(16-10(2)14)12(15)13(3)11-7-5-4-6-8-11/h9,11H,4-8H2,1-3H3/t9-/m1/s1. The Balaban J connectivity index is 2.48. The number of amides is 1. The molecule has 4 nitrogen and oxygen atoms in total. The topological polar surface area (TPSA) is 46.6 Å². The van der Waals surface area contributed by atoms with Crippen molar-refractivity contribution in [2.45, 2.75) is 58.1 Å². The molecule has 1 fully saturated rings. The minimum atomic E-state index is -0.663. The molecule has 0 radical (unpaired) electrons. The maximum absolute atomic E-state index is 11.9. The summed E-state index contributed by atoms with van der Waals surface area (Å²) in [5, 5.41) is 0. The molecule has 0 heterocycles. The zero-order valence-electron chi connectivity index (χ0n) is 10.4. The van der Waals surface area contributed by atoms with Crippen LogP contribution >= 0.6 is 0 Å². The first-order valence-corrected chi connectivity index (χ1v) is 5.96. The monoisotopic (exact) mass is 227 g/mol. The predicted octanol–water partition coefficient (Wildman–Crippen LogP) is 1.73. The molecule has 0 unspecified atom stereocenters. The highest BCUT2D eigenvalue weighted by Gasteiger charge is 2.26. The summed E-state index contributed by atoms with van der Waals surface area (Å²) in [6.07, 6.45) is 5.10. The number of hydrogen-bond acceptors (Lipinski definition) is 3. The van der Waals surface area contributed by atoms with E-state index in [1.54, 1.807) is 18.9 Å². The maximum atomic E-state index is 11.9. The summed E-state index contributed by atoms with van der Waals surface area (Å²) in [6.45, 7) is 2.95. The Hall–Kier alpha value is -1.06. The minimum absolute atomic E-state index is 0.0953. The van der Waals surface area contributed by atoms with Gasteiger partial charge in [0, 0.05) is 20.0 Å². The van der Waals surface area contributed by atoms with Gasteiger partial charge >= 0.3 is 5.97 Å². The Morgan fingerprint density at radius 1 is 1.25 bits per heavy atom. The fraction of sp³-hybridized carbons (Fsp3) is 0.833. The van der Waals surface area contributed by atoms with Crippen molar-refractivity contribution < 1.29 is 14.3 Å². The van der Waals surface area contributed by atoms with E-state index in [1.165, 1.54) is 26.2 Å². The van der Waals surface area contributed by atoms with Crippen molar-refractivity contribution >= 4 is 11.9 Å². The smallest absolute Gasteiger partial charge is 0.303 e. The number of ether oxygens (including phenoxy) is 1. The molecular weight excluding hydrogens is 206 g/mol. The van der Waals surface area contributed by atoms with Gasteiger partial charge in [-0.3, -0.25) is 9.59 Å². The van der Waals surface area contributed by atoms with E-state index in [0.717, 1.165) is 12.8 Å². The van der Waals surface area contributed by atoms with Crippen LogP contribution in [0.2, 0.25) is 0 Å². The lowest BCUT2D eigenvalue weighted by Crippen LogP contribution is -2.44. The zero-order chi connectivity index (χ0) is 12.1. The van der Waals surface area contributed by atoms with Crippen LogP contribution in [0.1, 0.15) is 46.0 Å². The fourth-order valence-corrected chi connectivity index (χ4v) is 2.23. The Bertz CT molecular complexity index is 259. The van der Waals surface area contributed by atoms with Crippen molar-refractivity contribution in [2.75, 3.05) is 7.05 Å². The highest BCUT2D eigenvalue weighted by molar-refractivity contribution is 5.83. The van der Waals surface area contributed by atoms with Crippen LogP contribution in [0, 0.1) is 0 Å². The van der Waals surface area contributed by atoms with Gasteiger partial charge in [-0.15, -0.1) is 0 Å². The normalized spacial score (nSPS) is 18.9. The summed E-state index contributed by atoms with van der Waals surface area (Å²) in [5.74, 6) is -0.500. The van der Waals surface area contributed by atoms with Gasteiger partial charge in [0.25, 0.3) is 5.91 Å². The third-order valence-corrected chi connectivity index (χ3v) is 3.16. The average molecular weight is 227 g/mol. The highest BCUT2D eigenvalue weighted by Crippen LogP contribution is 2.22. The van der Waals surface area contributed by atoms with E-state index in [4.69, 9.17) is 4.74 Å². The van der Waals surface area contributed by atoms with Gasteiger partial charge in [0.05, 0.1) is 0 Å². The molecule has 1 aliphatic carbocycles. The lowest BCUT2D eigenvalue weighted by Gasteiger charge is -2.32. The molecule has 1 aliphatic rings. The third kappa shape index (κ3) is 3.51. The van der Waals surface area contributed by atoms with Crippen LogP contribution in [0.3, 0.4) is 0 Å². The van der Waals surface area contributed by atoms with Crippen molar-refractivity contribution in [2.24, 2.45) is 0 Å². The molecule has 16 heavy (non-hydrogen) atoms. The Kier molecular flexibility index (Phi) is 4.77. The first-order chi connectivity index (χ1) is 7.52. The third-order valence-electron chi connectivity index (χ3n) is 3.16. The van der Waals surface area contributed by atoms with Gasteiger partial charge in [-0.2, -0.15) is 0 Å². The number of esters is 1. The van der Waals surface area contributed by atoms with E-state index in [2.05, 4.69) is 0 Å². The first-order valence-electron chi connectivity index (χ1n) is 5.96. The largest absolute Gasteiger partial charge is 0.453 e. The molecule has 0 spiro atoms. The number of hydrogen-bond donors (Lipinski definition) is 0. The van der Waals surface area contributed by atoms with Crippen molar-refractivity contribution in [3.8, 4) is 0 Å². The lowest BCUT2D eigenvalue weighted by molar-refractivity contribution is -0.158. The molecule has 0 aromatic carbocycles. The molecule has 0 bridgehead atoms. The van der Waals surface area contributed by atoms with Gasteiger partial charge in [-0.25, -0.2) is 0 Å². The van der Waals surface area contributed by atoms with E-state index in [-0.39, 0.29) is 5.91 Å². The second-order valence-corrected chi connectivity index (χ2v) is 4.49. The van der Waals surface area contributed by atoms with E-state index in [9.17, 15) is 9.59 Å². The van der Waals surface area contributed by atoms with Crippen LogP contribution in [-0.2, 0) is 14.3 Å². The lowest BCUT2D eigenvalue weighted by atomic mass is 9.94. The van der Waals surface area contributed by atoms with Crippen LogP contribution < -0.4 is 0 Å². The second kappa shape index (κ2) is 5.87. The van der Waals surface area contributed by atoms with E-state index >= 15 is 0 Å². The molecule has 4 heteroatoms. The van der Waals surface area contributed by atoms with Crippen molar-refractivity contribution in [3.63, 3.8) is 0 Å². The number of carbonyl (C=O) groups is 2. The molecule has 0 aromatic rings. The summed E-state index contributed by atoms with van der Waals surface area (Å²) in [7, 11) is 1.80. The van der Waals surface area contributed by atoms with Gasteiger partial charge in [0.15, 0.2) is 6.10 Å². The molecular formula is C12H21NO3. The van der Waals surface area contributed by atoms with E-state index in [1.807, 2.05) is 0 Å².